The average Bonchev–Trinajstić information content (AvgIpc) is 2.69. The second-order valence-electron chi connectivity index (χ2n) is 7.87. The SMILES string of the molecule is CCC[CH-]CC(CCCCCCCCCC)C(C)O.O=S(=O)(O)c1ccccc1.[Na+]. The third-order valence-electron chi connectivity index (χ3n) is 5.11. The number of aliphatic hydroxyl groups excluding tert-OH is 1. The first-order valence-electron chi connectivity index (χ1n) is 11.3. The molecule has 2 atom stereocenters. The summed E-state index contributed by atoms with van der Waals surface area (Å²) in [7, 11) is -4.00. The Morgan fingerprint density at radius 3 is 1.87 bits per heavy atom. The van der Waals surface area contributed by atoms with Gasteiger partial charge < -0.3 is 11.5 Å². The van der Waals surface area contributed by atoms with Crippen molar-refractivity contribution in [2.45, 2.75) is 109 Å². The van der Waals surface area contributed by atoms with E-state index < -0.39 is 10.1 Å². The monoisotopic (exact) mass is 450 g/mol. The van der Waals surface area contributed by atoms with E-state index in [2.05, 4.69) is 20.3 Å². The summed E-state index contributed by atoms with van der Waals surface area (Å²) in [6.07, 6.45) is 17.9. The predicted molar refractivity (Wildman–Crippen MR) is 122 cm³/mol. The molecule has 4 nitrogen and oxygen atoms in total. The van der Waals surface area contributed by atoms with Gasteiger partial charge in [-0.2, -0.15) is 21.3 Å². The molecular weight excluding hydrogens is 407 g/mol. The van der Waals surface area contributed by atoms with Gasteiger partial charge in [-0.3, -0.25) is 4.55 Å². The number of hydrogen-bond acceptors (Lipinski definition) is 3. The Bertz CT molecular complexity index is 576. The van der Waals surface area contributed by atoms with Crippen molar-refractivity contribution in [1.29, 1.82) is 0 Å². The van der Waals surface area contributed by atoms with Gasteiger partial charge in [0, 0.05) is 0 Å². The topological polar surface area (TPSA) is 74.6 Å². The van der Waals surface area contributed by atoms with Crippen LogP contribution in [0.25, 0.3) is 0 Å². The molecule has 170 valence electrons. The molecule has 0 radical (unpaired) electrons. The minimum atomic E-state index is -4.00. The molecule has 2 unspecified atom stereocenters. The Hall–Kier alpha value is 0.0900. The third kappa shape index (κ3) is 18.8. The van der Waals surface area contributed by atoms with Gasteiger partial charge in [0.25, 0.3) is 10.1 Å². The zero-order chi connectivity index (χ0) is 22.0. The number of aliphatic hydroxyl groups is 1. The Morgan fingerprint density at radius 2 is 1.43 bits per heavy atom. The van der Waals surface area contributed by atoms with E-state index in [1.54, 1.807) is 18.2 Å². The van der Waals surface area contributed by atoms with E-state index in [0.717, 1.165) is 6.42 Å². The molecule has 0 saturated carbocycles. The first-order valence-corrected chi connectivity index (χ1v) is 12.8. The van der Waals surface area contributed by atoms with E-state index in [1.165, 1.54) is 82.8 Å². The van der Waals surface area contributed by atoms with Crippen LogP contribution in [0.15, 0.2) is 35.2 Å². The van der Waals surface area contributed by atoms with E-state index in [9.17, 15) is 13.5 Å². The molecule has 0 aliphatic rings. The molecule has 30 heavy (non-hydrogen) atoms. The quantitative estimate of drug-likeness (QED) is 0.184. The molecule has 0 amide bonds. The van der Waals surface area contributed by atoms with Gasteiger partial charge in [0.1, 0.15) is 0 Å². The van der Waals surface area contributed by atoms with Crippen molar-refractivity contribution in [3.63, 3.8) is 0 Å². The molecule has 2 N–H and O–H groups in total. The van der Waals surface area contributed by atoms with Gasteiger partial charge in [-0.05, 0) is 25.0 Å². The van der Waals surface area contributed by atoms with E-state index >= 15 is 0 Å². The molecule has 0 aliphatic carbocycles. The van der Waals surface area contributed by atoms with Crippen LogP contribution in [0, 0.1) is 12.3 Å². The second-order valence-corrected chi connectivity index (χ2v) is 9.29. The molecular formula is C24H43NaO4S. The molecule has 0 saturated heterocycles. The maximum atomic E-state index is 10.4. The number of rotatable bonds is 15. The van der Waals surface area contributed by atoms with Crippen LogP contribution in [0.1, 0.15) is 97.8 Å². The second kappa shape index (κ2) is 21.0. The Balaban J connectivity index is 0. The molecule has 0 aliphatic heterocycles. The molecule has 0 bridgehead atoms. The molecule has 0 heterocycles. The molecule has 1 aromatic rings. The van der Waals surface area contributed by atoms with Crippen LogP contribution in [-0.4, -0.2) is 24.2 Å². The fourth-order valence-corrected chi connectivity index (χ4v) is 3.73. The summed E-state index contributed by atoms with van der Waals surface area (Å²) in [5.74, 6) is 0.492. The van der Waals surface area contributed by atoms with Crippen molar-refractivity contribution in [1.82, 2.24) is 0 Å². The average molecular weight is 451 g/mol. The maximum Gasteiger partial charge on any atom is 1.00 e. The van der Waals surface area contributed by atoms with Gasteiger partial charge in [0.05, 0.1) is 11.0 Å². The minimum Gasteiger partial charge on any atom is -0.393 e. The van der Waals surface area contributed by atoms with Crippen LogP contribution in [0.5, 0.6) is 0 Å². The van der Waals surface area contributed by atoms with Crippen LogP contribution in [0.4, 0.5) is 0 Å². The van der Waals surface area contributed by atoms with Crippen molar-refractivity contribution in [2.75, 3.05) is 0 Å². The zero-order valence-corrected chi connectivity index (χ0v) is 22.5. The van der Waals surface area contributed by atoms with Gasteiger partial charge in [-0.1, -0.05) is 96.3 Å². The zero-order valence-electron chi connectivity index (χ0n) is 19.7. The molecule has 6 heteroatoms. The van der Waals surface area contributed by atoms with E-state index in [0.29, 0.717) is 5.92 Å². The van der Waals surface area contributed by atoms with Crippen molar-refractivity contribution in [3.05, 3.63) is 36.8 Å². The molecule has 0 spiro atoms. The fraction of sp³-hybridized carbons (Fsp3) is 0.708. The first-order chi connectivity index (χ1) is 13.8. The third-order valence-corrected chi connectivity index (χ3v) is 5.98. The molecule has 0 aromatic heterocycles. The minimum absolute atomic E-state index is 0. The van der Waals surface area contributed by atoms with E-state index in [4.69, 9.17) is 4.55 Å². The largest absolute Gasteiger partial charge is 1.00 e. The number of unbranched alkanes of at least 4 members (excludes halogenated alkanes) is 9. The summed E-state index contributed by atoms with van der Waals surface area (Å²) in [4.78, 5) is -0.0741. The molecule has 0 fully saturated rings. The summed E-state index contributed by atoms with van der Waals surface area (Å²) in [5, 5.41) is 9.79. The van der Waals surface area contributed by atoms with Gasteiger partial charge in [-0.25, -0.2) is 0 Å². The summed E-state index contributed by atoms with van der Waals surface area (Å²) in [5.41, 5.74) is 0. The first kappa shape index (κ1) is 32.3. The summed E-state index contributed by atoms with van der Waals surface area (Å²) >= 11 is 0. The molecule has 1 aromatic carbocycles. The predicted octanol–water partition coefficient (Wildman–Crippen LogP) is 3.85. The van der Waals surface area contributed by atoms with Crippen LogP contribution in [0.3, 0.4) is 0 Å². The van der Waals surface area contributed by atoms with Gasteiger partial charge in [0.15, 0.2) is 0 Å². The normalized spacial score (nSPS) is 13.0. The van der Waals surface area contributed by atoms with Crippen molar-refractivity contribution < 1.29 is 47.6 Å². The Labute approximate surface area is 208 Å². The van der Waals surface area contributed by atoms with Gasteiger partial charge in [-0.15, -0.1) is 0 Å². The summed E-state index contributed by atoms with van der Waals surface area (Å²) in [6, 6.07) is 7.42. The van der Waals surface area contributed by atoms with Crippen LogP contribution < -0.4 is 29.6 Å². The summed E-state index contributed by atoms with van der Waals surface area (Å²) < 4.78 is 29.2. The summed E-state index contributed by atoms with van der Waals surface area (Å²) in [6.45, 7) is 6.44. The van der Waals surface area contributed by atoms with E-state index in [-0.39, 0.29) is 40.6 Å². The fourth-order valence-electron chi connectivity index (χ4n) is 3.22. The van der Waals surface area contributed by atoms with Crippen LogP contribution in [-0.2, 0) is 10.1 Å². The number of hydrogen-bond donors (Lipinski definition) is 2. The Morgan fingerprint density at radius 1 is 0.900 bits per heavy atom. The number of benzene rings is 1. The van der Waals surface area contributed by atoms with Crippen LogP contribution >= 0.6 is 0 Å². The van der Waals surface area contributed by atoms with Gasteiger partial charge in [0.2, 0.25) is 0 Å². The Kier molecular flexibility index (Phi) is 22.5. The maximum absolute atomic E-state index is 10.4. The standard InChI is InChI=1S/C18H37O.C6H6O3S.Na/c1-4-6-8-9-10-11-12-14-16-18(17(3)19)15-13-7-5-2;7-10(8,9)6-4-2-1-3-5-6;/h13,17-19H,4-12,14-16H2,1-3H3;1-5H,(H,7,8,9);/q-1;;+1. The van der Waals surface area contributed by atoms with Crippen LogP contribution in [0.2, 0.25) is 0 Å². The van der Waals surface area contributed by atoms with Crippen molar-refractivity contribution >= 4 is 10.1 Å². The van der Waals surface area contributed by atoms with Crippen molar-refractivity contribution in [3.8, 4) is 0 Å². The van der Waals surface area contributed by atoms with Gasteiger partial charge >= 0.3 is 29.6 Å². The smallest absolute Gasteiger partial charge is 0.393 e. The van der Waals surface area contributed by atoms with Crippen molar-refractivity contribution in [2.24, 2.45) is 5.92 Å². The molecule has 1 rings (SSSR count). The van der Waals surface area contributed by atoms with E-state index in [1.807, 2.05) is 6.92 Å².